The molecule has 3 aromatic heterocycles. The molecule has 1 unspecified atom stereocenters. The molecule has 0 saturated heterocycles. The van der Waals surface area contributed by atoms with Crippen molar-refractivity contribution >= 4 is 61.2 Å². The van der Waals surface area contributed by atoms with E-state index in [1.54, 1.807) is 46.0 Å². The molecule has 0 bridgehead atoms. The van der Waals surface area contributed by atoms with E-state index >= 15 is 0 Å². The molecule has 22 nitrogen and oxygen atoms in total. The van der Waals surface area contributed by atoms with E-state index in [1.165, 1.54) is 56.1 Å². The maximum absolute atomic E-state index is 14.3. The summed E-state index contributed by atoms with van der Waals surface area (Å²) in [6.07, 6.45) is 13.4. The second-order valence-corrected chi connectivity index (χ2v) is 24.6. The standard InChI is InChI=1S/C55H60N12O10S2/c1-31-28-58-45(29-57-31)50(68)56-20-23-66-21-19-46(62-66)78(73,74)63-54(72)60-49-40-13-7-10-34(40)25-42-35(14-16-41(42)49)30-77-37-15-17-44-43(27-37)51(69)67(52(70)55(44,2)3)22-18-36-26-47(61-65(36)4)79(75,76)64-53(71)59-48-38-11-5-8-32(38)24-33-9-6-12-39(33)48/h15,17,19,21,24-29,35H,5-14,16,18,20,22-23,30H2,1-4H3,(H,56,68)(H2,59,64,71)(H2,60,63,72). The number of fused-ring (bicyclic) bond motifs is 5. The third-order valence-electron chi connectivity index (χ3n) is 15.9. The minimum atomic E-state index is -4.41. The molecule has 4 heterocycles. The smallest absolute Gasteiger partial charge is 0.333 e. The van der Waals surface area contributed by atoms with Crippen LogP contribution in [0.5, 0.6) is 5.75 Å². The minimum absolute atomic E-state index is 0.0766. The average molecular weight is 1110 g/mol. The lowest BCUT2D eigenvalue weighted by Gasteiger charge is -2.37. The normalized spacial score (nSPS) is 16.9. The number of nitrogens with one attached hydrogen (secondary N) is 5. The third kappa shape index (κ3) is 10.3. The first-order chi connectivity index (χ1) is 37.7. The summed E-state index contributed by atoms with van der Waals surface area (Å²) in [5.74, 6) is -1.07. The van der Waals surface area contributed by atoms with Crippen molar-refractivity contribution in [3.63, 3.8) is 0 Å². The molecule has 7 amide bonds. The van der Waals surface area contributed by atoms with E-state index in [0.717, 1.165) is 84.7 Å². The quantitative estimate of drug-likeness (QED) is 0.0775. The zero-order valence-corrected chi connectivity index (χ0v) is 45.8. The van der Waals surface area contributed by atoms with Gasteiger partial charge in [-0.1, -0.05) is 18.2 Å². The van der Waals surface area contributed by atoms with Crippen molar-refractivity contribution < 1.29 is 45.5 Å². The number of rotatable bonds is 16. The highest BCUT2D eigenvalue weighted by Gasteiger charge is 2.45. The first-order valence-corrected chi connectivity index (χ1v) is 29.5. The zero-order valence-electron chi connectivity index (χ0n) is 44.2. The highest BCUT2D eigenvalue weighted by Crippen LogP contribution is 2.45. The molecule has 24 heteroatoms. The summed E-state index contributed by atoms with van der Waals surface area (Å²) < 4.78 is 67.2. The van der Waals surface area contributed by atoms with Gasteiger partial charge in [0.2, 0.25) is 5.91 Å². The summed E-state index contributed by atoms with van der Waals surface area (Å²) in [5, 5.41) is 16.0. The van der Waals surface area contributed by atoms with Gasteiger partial charge in [0.1, 0.15) is 11.4 Å². The molecule has 412 valence electrons. The molecule has 0 radical (unpaired) electrons. The van der Waals surface area contributed by atoms with E-state index < -0.39 is 55.2 Å². The number of anilines is 2. The second-order valence-electron chi connectivity index (χ2n) is 21.4. The van der Waals surface area contributed by atoms with Crippen LogP contribution in [0.3, 0.4) is 0 Å². The Kier molecular flexibility index (Phi) is 13.9. The van der Waals surface area contributed by atoms with Gasteiger partial charge in [-0.2, -0.15) is 27.0 Å². The van der Waals surface area contributed by atoms with Gasteiger partial charge in [-0.25, -0.2) is 24.0 Å². The molecular formula is C55H60N12O10S2. The van der Waals surface area contributed by atoms with Crippen LogP contribution >= 0.6 is 0 Å². The van der Waals surface area contributed by atoms with Gasteiger partial charge in [-0.3, -0.25) is 33.6 Å². The Morgan fingerprint density at radius 2 is 1.38 bits per heavy atom. The number of ether oxygens (including phenoxy) is 1. The summed E-state index contributed by atoms with van der Waals surface area (Å²) in [4.78, 5) is 76.8. The Morgan fingerprint density at radius 3 is 2.04 bits per heavy atom. The van der Waals surface area contributed by atoms with Gasteiger partial charge < -0.3 is 20.7 Å². The SMILES string of the molecule is Cc1cnc(C(=O)NCCn2ccc(S(=O)(=O)NC(=O)Nc3c4c(cc5c3CCC5COc3ccc5c(c3)C(=O)N(CCc3cc(S(=O)(=O)NC(=O)Nc6c7c(cc8c6CCC8)CCC7)nn3C)C(=O)C5(C)C)CCC4)n2)cn1. The topological polar surface area (TPSA) is 288 Å². The fourth-order valence-electron chi connectivity index (χ4n) is 11.8. The van der Waals surface area contributed by atoms with Crippen LogP contribution in [-0.4, -0.2) is 101 Å². The lowest BCUT2D eigenvalue weighted by atomic mass is 9.77. The van der Waals surface area contributed by atoms with Crippen LogP contribution in [0.25, 0.3) is 0 Å². The number of carbonyl (C=O) groups is 5. The third-order valence-corrected chi connectivity index (χ3v) is 18.3. The zero-order chi connectivity index (χ0) is 55.5. The van der Waals surface area contributed by atoms with Crippen LogP contribution in [0.2, 0.25) is 0 Å². The molecule has 5 aliphatic rings. The number of sulfonamides is 2. The second kappa shape index (κ2) is 20.7. The number of hydrogen-bond acceptors (Lipinski definition) is 14. The van der Waals surface area contributed by atoms with Crippen molar-refractivity contribution in [1.29, 1.82) is 0 Å². The van der Waals surface area contributed by atoms with Gasteiger partial charge in [0.05, 0.1) is 30.5 Å². The summed E-state index contributed by atoms with van der Waals surface area (Å²) in [7, 11) is -7.24. The van der Waals surface area contributed by atoms with Crippen molar-refractivity contribution in [2.24, 2.45) is 7.05 Å². The Hall–Kier alpha value is -7.99. The number of hydrogen-bond donors (Lipinski definition) is 5. The van der Waals surface area contributed by atoms with Crippen molar-refractivity contribution in [1.82, 2.24) is 49.2 Å². The largest absolute Gasteiger partial charge is 0.493 e. The molecule has 3 aromatic carbocycles. The molecule has 4 aliphatic carbocycles. The number of imide groups is 1. The highest BCUT2D eigenvalue weighted by atomic mass is 32.2. The number of carbonyl (C=O) groups excluding carboxylic acids is 5. The van der Waals surface area contributed by atoms with E-state index in [-0.39, 0.29) is 54.3 Å². The molecule has 1 aliphatic heterocycles. The Bertz CT molecular complexity index is 3730. The van der Waals surface area contributed by atoms with Crippen LogP contribution in [0.1, 0.15) is 128 Å². The summed E-state index contributed by atoms with van der Waals surface area (Å²) in [6.45, 7) is 5.68. The number of aromatic nitrogens is 6. The van der Waals surface area contributed by atoms with Gasteiger partial charge in [0, 0.05) is 73.6 Å². The van der Waals surface area contributed by atoms with Gasteiger partial charge in [0.25, 0.3) is 31.9 Å². The fourth-order valence-corrected chi connectivity index (χ4v) is 13.6. The van der Waals surface area contributed by atoms with Crippen molar-refractivity contribution in [2.45, 2.75) is 126 Å². The highest BCUT2D eigenvalue weighted by molar-refractivity contribution is 7.90. The summed E-state index contributed by atoms with van der Waals surface area (Å²) in [5.41, 5.74) is 10.7. The van der Waals surface area contributed by atoms with Crippen molar-refractivity contribution in [3.8, 4) is 5.75 Å². The van der Waals surface area contributed by atoms with Gasteiger partial charge in [0.15, 0.2) is 10.1 Å². The van der Waals surface area contributed by atoms with Crippen LogP contribution in [-0.2, 0) is 95.2 Å². The molecule has 79 heavy (non-hydrogen) atoms. The van der Waals surface area contributed by atoms with Crippen LogP contribution in [0.15, 0.2) is 71.1 Å². The number of urea groups is 2. The number of amides is 7. The van der Waals surface area contributed by atoms with E-state index in [9.17, 15) is 40.8 Å². The maximum atomic E-state index is 14.3. The van der Waals surface area contributed by atoms with E-state index in [4.69, 9.17) is 4.74 Å². The van der Waals surface area contributed by atoms with E-state index in [1.807, 2.05) is 0 Å². The lowest BCUT2D eigenvalue weighted by molar-refractivity contribution is -0.134. The Balaban J connectivity index is 0.719. The molecule has 1 atom stereocenters. The Labute approximate surface area is 456 Å². The van der Waals surface area contributed by atoms with Crippen molar-refractivity contribution in [2.75, 3.05) is 30.3 Å². The molecule has 0 saturated carbocycles. The first-order valence-electron chi connectivity index (χ1n) is 26.5. The van der Waals surface area contributed by atoms with Gasteiger partial charge >= 0.3 is 12.1 Å². The lowest BCUT2D eigenvalue weighted by Crippen LogP contribution is -2.52. The number of benzene rings is 3. The molecule has 6 aromatic rings. The van der Waals surface area contributed by atoms with Gasteiger partial charge in [-0.05, 0) is 160 Å². The summed E-state index contributed by atoms with van der Waals surface area (Å²) in [6, 6.07) is 10.3. The first kappa shape index (κ1) is 53.0. The summed E-state index contributed by atoms with van der Waals surface area (Å²) >= 11 is 0. The average Bonchev–Trinajstić information content (AvgIpc) is 4.38. The number of aryl methyl sites for hydroxylation is 5. The van der Waals surface area contributed by atoms with Crippen LogP contribution in [0.4, 0.5) is 21.0 Å². The predicted molar refractivity (Wildman–Crippen MR) is 288 cm³/mol. The molecule has 0 fully saturated rings. The molecule has 5 N–H and O–H groups in total. The molecule has 0 spiro atoms. The fraction of sp³-hybridized carbons (Fsp3) is 0.400. The molecular weight excluding hydrogens is 1050 g/mol. The minimum Gasteiger partial charge on any atom is -0.493 e. The monoisotopic (exact) mass is 1110 g/mol. The van der Waals surface area contributed by atoms with E-state index in [0.29, 0.717) is 58.9 Å². The van der Waals surface area contributed by atoms with Crippen LogP contribution in [0, 0.1) is 6.92 Å². The van der Waals surface area contributed by atoms with Gasteiger partial charge in [-0.15, -0.1) is 0 Å². The van der Waals surface area contributed by atoms with E-state index in [2.05, 4.69) is 57.7 Å². The predicted octanol–water partition coefficient (Wildman–Crippen LogP) is 5.24. The number of nitrogens with zero attached hydrogens (tertiary/aromatic N) is 7. The van der Waals surface area contributed by atoms with Crippen molar-refractivity contribution in [3.05, 3.63) is 134 Å². The molecule has 11 rings (SSSR count). The maximum Gasteiger partial charge on any atom is 0.333 e. The van der Waals surface area contributed by atoms with Crippen LogP contribution < -0.4 is 30.1 Å². The Morgan fingerprint density at radius 1 is 0.734 bits per heavy atom.